The molecule has 1 aromatic heterocycles. The largest absolute Gasteiger partial charge is 0.317 e. The second-order valence-corrected chi connectivity index (χ2v) is 7.54. The molecule has 26 heavy (non-hydrogen) atoms. The molecule has 0 aliphatic carbocycles. The van der Waals surface area contributed by atoms with Crippen LogP contribution in [-0.2, 0) is 16.0 Å². The van der Waals surface area contributed by atoms with E-state index in [0.717, 1.165) is 16.6 Å². The van der Waals surface area contributed by atoms with Crippen LogP contribution in [0.15, 0.2) is 47.6 Å². The standard InChI is InChI=1S/C19H18N4O2S/c1-3-12-7-8-13-14(10-12)26-18(20-13)22-17(25)19(2)11-16(24)21-15-6-4-5-9-23(15)19/h4-10H,3,11H2,1-2H3,(H,20,22,25). The van der Waals surface area contributed by atoms with Crippen LogP contribution in [-0.4, -0.2) is 33.1 Å². The van der Waals surface area contributed by atoms with Crippen molar-refractivity contribution >= 4 is 44.3 Å². The molecular weight excluding hydrogens is 348 g/mol. The molecule has 0 saturated heterocycles. The Bertz CT molecular complexity index is 1000. The lowest BCUT2D eigenvalue weighted by atomic mass is 9.91. The maximum absolute atomic E-state index is 13.0. The summed E-state index contributed by atoms with van der Waals surface area (Å²) in [6.07, 6.45) is 8.09. The number of allylic oxidation sites excluding steroid dienone is 2. The molecule has 6 nitrogen and oxygen atoms in total. The van der Waals surface area contributed by atoms with Gasteiger partial charge in [-0.2, -0.15) is 4.99 Å². The van der Waals surface area contributed by atoms with Gasteiger partial charge in [0.1, 0.15) is 11.4 Å². The zero-order valence-electron chi connectivity index (χ0n) is 14.5. The van der Waals surface area contributed by atoms with Gasteiger partial charge in [0.25, 0.3) is 11.8 Å². The van der Waals surface area contributed by atoms with Gasteiger partial charge in [-0.25, -0.2) is 4.98 Å². The van der Waals surface area contributed by atoms with E-state index in [2.05, 4.69) is 28.3 Å². The molecule has 0 bridgehead atoms. The van der Waals surface area contributed by atoms with Crippen molar-refractivity contribution in [2.75, 3.05) is 5.32 Å². The number of thiazole rings is 1. The van der Waals surface area contributed by atoms with E-state index < -0.39 is 5.54 Å². The van der Waals surface area contributed by atoms with Crippen LogP contribution in [0.25, 0.3) is 10.2 Å². The minimum Gasteiger partial charge on any atom is -0.317 e. The molecule has 2 amide bonds. The highest BCUT2D eigenvalue weighted by Crippen LogP contribution is 2.31. The second-order valence-electron chi connectivity index (χ2n) is 6.51. The van der Waals surface area contributed by atoms with E-state index in [4.69, 9.17) is 0 Å². The number of carbonyl (C=O) groups is 2. The van der Waals surface area contributed by atoms with Crippen LogP contribution >= 0.6 is 11.3 Å². The van der Waals surface area contributed by atoms with E-state index >= 15 is 0 Å². The van der Waals surface area contributed by atoms with Gasteiger partial charge < -0.3 is 4.90 Å². The molecule has 2 aromatic rings. The van der Waals surface area contributed by atoms with Crippen LogP contribution in [0.3, 0.4) is 0 Å². The predicted octanol–water partition coefficient (Wildman–Crippen LogP) is 3.27. The summed E-state index contributed by atoms with van der Waals surface area (Å²) >= 11 is 1.44. The third-order valence-electron chi connectivity index (χ3n) is 4.68. The summed E-state index contributed by atoms with van der Waals surface area (Å²) in [5.41, 5.74) is 1.05. The summed E-state index contributed by atoms with van der Waals surface area (Å²) in [5.74, 6) is -0.0861. The Morgan fingerprint density at radius 2 is 2.23 bits per heavy atom. The maximum atomic E-state index is 13.0. The van der Waals surface area contributed by atoms with Gasteiger partial charge in [-0.1, -0.05) is 30.4 Å². The Kier molecular flexibility index (Phi) is 3.96. The highest BCUT2D eigenvalue weighted by Gasteiger charge is 2.45. The summed E-state index contributed by atoms with van der Waals surface area (Å²) in [6, 6.07) is 6.11. The van der Waals surface area contributed by atoms with E-state index in [1.807, 2.05) is 18.2 Å². The molecule has 1 atom stereocenters. The van der Waals surface area contributed by atoms with Crippen LogP contribution < -0.4 is 5.32 Å². The second kappa shape index (κ2) is 6.17. The smallest absolute Gasteiger partial charge is 0.252 e. The monoisotopic (exact) mass is 366 g/mol. The number of amidine groups is 1. The normalized spacial score (nSPS) is 21.7. The van der Waals surface area contributed by atoms with E-state index in [9.17, 15) is 9.59 Å². The van der Waals surface area contributed by atoms with Crippen LogP contribution in [0, 0.1) is 0 Å². The van der Waals surface area contributed by atoms with Gasteiger partial charge in [0.15, 0.2) is 5.13 Å². The Morgan fingerprint density at radius 3 is 3.04 bits per heavy atom. The SMILES string of the molecule is CCc1ccc2nc(NC(=O)C3(C)CC(=O)N=C4C=CC=CN43)sc2c1. The average Bonchev–Trinajstić information content (AvgIpc) is 3.02. The van der Waals surface area contributed by atoms with Crippen molar-refractivity contribution in [1.29, 1.82) is 0 Å². The highest BCUT2D eigenvalue weighted by molar-refractivity contribution is 7.22. The molecule has 0 fully saturated rings. The van der Waals surface area contributed by atoms with Crippen molar-refractivity contribution < 1.29 is 9.59 Å². The van der Waals surface area contributed by atoms with Gasteiger partial charge in [-0.3, -0.25) is 14.9 Å². The first-order valence-electron chi connectivity index (χ1n) is 8.46. The first kappa shape index (κ1) is 16.7. The quantitative estimate of drug-likeness (QED) is 0.905. The Hall–Kier alpha value is -2.80. The summed E-state index contributed by atoms with van der Waals surface area (Å²) in [6.45, 7) is 3.85. The summed E-state index contributed by atoms with van der Waals surface area (Å²) in [7, 11) is 0. The first-order chi connectivity index (χ1) is 12.5. The number of aryl methyl sites for hydroxylation is 1. The number of anilines is 1. The molecule has 1 N–H and O–H groups in total. The van der Waals surface area contributed by atoms with Gasteiger partial charge in [0.05, 0.1) is 16.6 Å². The number of amides is 2. The Morgan fingerprint density at radius 1 is 1.38 bits per heavy atom. The maximum Gasteiger partial charge on any atom is 0.252 e. The topological polar surface area (TPSA) is 74.7 Å². The lowest BCUT2D eigenvalue weighted by molar-refractivity contribution is -0.130. The molecule has 0 radical (unpaired) electrons. The van der Waals surface area contributed by atoms with Crippen molar-refractivity contribution in [3.05, 3.63) is 48.2 Å². The van der Waals surface area contributed by atoms with E-state index in [0.29, 0.717) is 11.0 Å². The Balaban J connectivity index is 1.63. The van der Waals surface area contributed by atoms with Gasteiger partial charge in [-0.15, -0.1) is 0 Å². The number of hydrogen-bond acceptors (Lipinski definition) is 5. The van der Waals surface area contributed by atoms with Crippen molar-refractivity contribution in [2.24, 2.45) is 4.99 Å². The molecular formula is C19H18N4O2S. The molecule has 1 unspecified atom stereocenters. The van der Waals surface area contributed by atoms with Gasteiger partial charge in [-0.05, 0) is 43.2 Å². The summed E-state index contributed by atoms with van der Waals surface area (Å²) in [4.78, 5) is 35.3. The summed E-state index contributed by atoms with van der Waals surface area (Å²) < 4.78 is 1.03. The van der Waals surface area contributed by atoms with E-state index in [1.54, 1.807) is 30.2 Å². The molecule has 3 heterocycles. The number of nitrogens with zero attached hydrogens (tertiary/aromatic N) is 3. The summed E-state index contributed by atoms with van der Waals surface area (Å²) in [5, 5.41) is 3.43. The zero-order valence-corrected chi connectivity index (χ0v) is 15.3. The van der Waals surface area contributed by atoms with Crippen LogP contribution in [0.4, 0.5) is 5.13 Å². The molecule has 0 spiro atoms. The zero-order chi connectivity index (χ0) is 18.3. The van der Waals surface area contributed by atoms with Gasteiger partial charge in [0.2, 0.25) is 0 Å². The number of hydrogen-bond donors (Lipinski definition) is 1. The molecule has 1 aromatic carbocycles. The predicted molar refractivity (Wildman–Crippen MR) is 103 cm³/mol. The van der Waals surface area contributed by atoms with Crippen molar-refractivity contribution in [3.63, 3.8) is 0 Å². The van der Waals surface area contributed by atoms with Crippen molar-refractivity contribution in [1.82, 2.24) is 9.88 Å². The number of carbonyl (C=O) groups excluding carboxylic acids is 2. The van der Waals surface area contributed by atoms with Crippen molar-refractivity contribution in [3.8, 4) is 0 Å². The van der Waals surface area contributed by atoms with Crippen LogP contribution in [0.2, 0.25) is 0 Å². The average molecular weight is 366 g/mol. The number of rotatable bonds is 3. The lowest BCUT2D eigenvalue weighted by Crippen LogP contribution is -2.58. The number of aliphatic imine (C=N–C) groups is 1. The molecule has 2 aliphatic heterocycles. The lowest BCUT2D eigenvalue weighted by Gasteiger charge is -2.41. The van der Waals surface area contributed by atoms with Crippen molar-refractivity contribution in [2.45, 2.75) is 32.2 Å². The van der Waals surface area contributed by atoms with E-state index in [1.165, 1.54) is 16.9 Å². The van der Waals surface area contributed by atoms with Gasteiger partial charge in [0, 0.05) is 6.20 Å². The number of aromatic nitrogens is 1. The molecule has 0 saturated carbocycles. The molecule has 7 heteroatoms. The highest BCUT2D eigenvalue weighted by atomic mass is 32.1. The number of benzene rings is 1. The Labute approximate surface area is 154 Å². The molecule has 2 aliphatic rings. The minimum atomic E-state index is -1.04. The number of fused-ring (bicyclic) bond motifs is 2. The fourth-order valence-electron chi connectivity index (χ4n) is 3.15. The third-order valence-corrected chi connectivity index (χ3v) is 5.61. The fourth-order valence-corrected chi connectivity index (χ4v) is 4.08. The number of nitrogens with one attached hydrogen (secondary N) is 1. The fraction of sp³-hybridized carbons (Fsp3) is 0.263. The minimum absolute atomic E-state index is 0.0192. The van der Waals surface area contributed by atoms with Crippen LogP contribution in [0.1, 0.15) is 25.8 Å². The first-order valence-corrected chi connectivity index (χ1v) is 9.28. The van der Waals surface area contributed by atoms with Crippen LogP contribution in [0.5, 0.6) is 0 Å². The molecule has 4 rings (SSSR count). The van der Waals surface area contributed by atoms with E-state index in [-0.39, 0.29) is 18.2 Å². The third kappa shape index (κ3) is 2.74. The van der Waals surface area contributed by atoms with Gasteiger partial charge >= 0.3 is 0 Å². The molecule has 132 valence electrons.